The number of hydrogen-bond acceptors (Lipinski definition) is 6. The van der Waals surface area contributed by atoms with Gasteiger partial charge < -0.3 is 14.8 Å². The molecular formula is C23H29N3O5S. The Kier molecular flexibility index (Phi) is 6.86. The summed E-state index contributed by atoms with van der Waals surface area (Å²) in [7, 11) is -3.68. The first-order valence-corrected chi connectivity index (χ1v) is 12.7. The van der Waals surface area contributed by atoms with Crippen LogP contribution in [0.15, 0.2) is 42.5 Å². The van der Waals surface area contributed by atoms with E-state index in [1.807, 2.05) is 18.2 Å². The van der Waals surface area contributed by atoms with Gasteiger partial charge in [-0.1, -0.05) is 24.3 Å². The molecular weight excluding hydrogens is 430 g/mol. The van der Waals surface area contributed by atoms with Crippen LogP contribution in [0.1, 0.15) is 24.0 Å². The molecule has 2 aliphatic rings. The van der Waals surface area contributed by atoms with E-state index in [0.717, 1.165) is 35.8 Å². The Labute approximate surface area is 189 Å². The third kappa shape index (κ3) is 5.52. The quantitative estimate of drug-likeness (QED) is 0.651. The van der Waals surface area contributed by atoms with Crippen molar-refractivity contribution in [2.75, 3.05) is 43.4 Å². The second-order valence-electron chi connectivity index (χ2n) is 8.13. The summed E-state index contributed by atoms with van der Waals surface area (Å²) in [6.45, 7) is 3.93. The molecule has 0 unspecified atom stereocenters. The van der Waals surface area contributed by atoms with Gasteiger partial charge in [-0.2, -0.15) is 0 Å². The number of likely N-dealkylation sites (tertiary alicyclic amines) is 1. The van der Waals surface area contributed by atoms with Gasteiger partial charge in [0.1, 0.15) is 19.8 Å². The van der Waals surface area contributed by atoms with Gasteiger partial charge in [0.2, 0.25) is 15.9 Å². The molecule has 2 aromatic rings. The fraction of sp³-hybridized carbons (Fsp3) is 0.435. The van der Waals surface area contributed by atoms with Gasteiger partial charge in [-0.3, -0.25) is 14.0 Å². The molecule has 0 spiro atoms. The number of nitrogens with zero attached hydrogens (tertiary/aromatic N) is 2. The van der Waals surface area contributed by atoms with E-state index >= 15 is 0 Å². The van der Waals surface area contributed by atoms with Gasteiger partial charge in [0.15, 0.2) is 11.5 Å². The summed E-state index contributed by atoms with van der Waals surface area (Å²) in [5.74, 6) is 0.660. The number of fused-ring (bicyclic) bond motifs is 1. The van der Waals surface area contributed by atoms with Gasteiger partial charge in [0.25, 0.3) is 0 Å². The first-order valence-electron chi connectivity index (χ1n) is 10.8. The molecule has 2 aliphatic heterocycles. The molecule has 2 heterocycles. The zero-order chi connectivity index (χ0) is 22.6. The monoisotopic (exact) mass is 459 g/mol. The van der Waals surface area contributed by atoms with E-state index in [-0.39, 0.29) is 12.5 Å². The predicted octanol–water partition coefficient (Wildman–Crippen LogP) is 2.14. The Morgan fingerprint density at radius 3 is 2.44 bits per heavy atom. The van der Waals surface area contributed by atoms with Crippen molar-refractivity contribution in [3.8, 4) is 11.5 Å². The molecule has 172 valence electrons. The molecule has 0 atom stereocenters. The summed E-state index contributed by atoms with van der Waals surface area (Å²) >= 11 is 0. The number of hydrogen-bond donors (Lipinski definition) is 1. The van der Waals surface area contributed by atoms with Crippen LogP contribution in [0, 0.1) is 0 Å². The third-order valence-corrected chi connectivity index (χ3v) is 6.83. The van der Waals surface area contributed by atoms with E-state index < -0.39 is 10.0 Å². The summed E-state index contributed by atoms with van der Waals surface area (Å²) in [4.78, 5) is 15.1. The zero-order valence-corrected chi connectivity index (χ0v) is 19.1. The normalized spacial score (nSPS) is 16.0. The van der Waals surface area contributed by atoms with E-state index in [1.54, 1.807) is 18.2 Å². The highest BCUT2D eigenvalue weighted by Gasteiger charge is 2.23. The average Bonchev–Trinajstić information content (AvgIpc) is 3.29. The maximum Gasteiger partial charge on any atom is 0.241 e. The smallest absolute Gasteiger partial charge is 0.241 e. The van der Waals surface area contributed by atoms with Crippen LogP contribution in [0.4, 0.5) is 5.69 Å². The fourth-order valence-electron chi connectivity index (χ4n) is 4.03. The SMILES string of the molecule is CS(=O)(=O)N(CC(=O)NCc1ccccc1CN1CCCC1)c1ccc2c(c1)OCCO2. The lowest BCUT2D eigenvalue weighted by molar-refractivity contribution is -0.119. The Morgan fingerprint density at radius 1 is 1.03 bits per heavy atom. The number of amides is 1. The molecule has 2 aromatic carbocycles. The topological polar surface area (TPSA) is 88.2 Å². The van der Waals surface area contributed by atoms with E-state index in [0.29, 0.717) is 36.9 Å². The van der Waals surface area contributed by atoms with Crippen LogP contribution >= 0.6 is 0 Å². The summed E-state index contributed by atoms with van der Waals surface area (Å²) in [5.41, 5.74) is 2.58. The van der Waals surface area contributed by atoms with Crippen LogP contribution in [0.25, 0.3) is 0 Å². The van der Waals surface area contributed by atoms with Gasteiger partial charge in [0.05, 0.1) is 11.9 Å². The lowest BCUT2D eigenvalue weighted by Gasteiger charge is -2.25. The molecule has 0 bridgehead atoms. The third-order valence-electron chi connectivity index (χ3n) is 5.69. The molecule has 8 nitrogen and oxygen atoms in total. The van der Waals surface area contributed by atoms with Gasteiger partial charge in [0, 0.05) is 19.2 Å². The zero-order valence-electron chi connectivity index (χ0n) is 18.2. The highest BCUT2D eigenvalue weighted by atomic mass is 32.2. The maximum atomic E-state index is 12.7. The Balaban J connectivity index is 1.43. The van der Waals surface area contributed by atoms with Crippen molar-refractivity contribution in [3.63, 3.8) is 0 Å². The number of nitrogens with one attached hydrogen (secondary N) is 1. The average molecular weight is 460 g/mol. The van der Waals surface area contributed by atoms with Crippen molar-refractivity contribution in [3.05, 3.63) is 53.6 Å². The number of anilines is 1. The molecule has 4 rings (SSSR count). The number of sulfonamides is 1. The van der Waals surface area contributed by atoms with Crippen LogP contribution in [-0.2, 0) is 27.9 Å². The van der Waals surface area contributed by atoms with Crippen LogP contribution < -0.4 is 19.1 Å². The van der Waals surface area contributed by atoms with Gasteiger partial charge in [-0.15, -0.1) is 0 Å². The van der Waals surface area contributed by atoms with Crippen molar-refractivity contribution in [1.29, 1.82) is 0 Å². The molecule has 1 amide bonds. The molecule has 32 heavy (non-hydrogen) atoms. The molecule has 0 saturated carbocycles. The lowest BCUT2D eigenvalue weighted by atomic mass is 10.1. The van der Waals surface area contributed by atoms with E-state index in [4.69, 9.17) is 9.47 Å². The van der Waals surface area contributed by atoms with Crippen LogP contribution in [0.3, 0.4) is 0 Å². The summed E-state index contributed by atoms with van der Waals surface area (Å²) < 4.78 is 37.0. The van der Waals surface area contributed by atoms with Crippen LogP contribution in [-0.4, -0.2) is 58.3 Å². The molecule has 0 aromatic heterocycles. The second-order valence-corrected chi connectivity index (χ2v) is 10.0. The minimum absolute atomic E-state index is 0.313. The van der Waals surface area contributed by atoms with E-state index in [1.165, 1.54) is 18.4 Å². The number of ether oxygens (including phenoxy) is 2. The number of rotatable bonds is 8. The Hall–Kier alpha value is -2.78. The maximum absolute atomic E-state index is 12.7. The molecule has 0 radical (unpaired) electrons. The largest absolute Gasteiger partial charge is 0.486 e. The van der Waals surface area contributed by atoms with Crippen molar-refractivity contribution in [2.24, 2.45) is 0 Å². The van der Waals surface area contributed by atoms with Gasteiger partial charge >= 0.3 is 0 Å². The number of carbonyl (C=O) groups is 1. The number of carbonyl (C=O) groups excluding carboxylic acids is 1. The highest BCUT2D eigenvalue weighted by molar-refractivity contribution is 7.92. The first-order chi connectivity index (χ1) is 15.4. The molecule has 1 fully saturated rings. The number of benzene rings is 2. The summed E-state index contributed by atoms with van der Waals surface area (Å²) in [6, 6.07) is 12.9. The fourth-order valence-corrected chi connectivity index (χ4v) is 4.88. The van der Waals surface area contributed by atoms with E-state index in [2.05, 4.69) is 16.3 Å². The Bertz CT molecular complexity index is 1070. The van der Waals surface area contributed by atoms with Crippen molar-refractivity contribution in [1.82, 2.24) is 10.2 Å². The van der Waals surface area contributed by atoms with Crippen molar-refractivity contribution < 1.29 is 22.7 Å². The van der Waals surface area contributed by atoms with Crippen molar-refractivity contribution in [2.45, 2.75) is 25.9 Å². The Morgan fingerprint density at radius 2 is 1.72 bits per heavy atom. The minimum atomic E-state index is -3.68. The van der Waals surface area contributed by atoms with Crippen LogP contribution in [0.2, 0.25) is 0 Å². The first kappa shape index (κ1) is 22.4. The molecule has 1 saturated heterocycles. The van der Waals surface area contributed by atoms with E-state index in [9.17, 15) is 13.2 Å². The molecule has 1 N–H and O–H groups in total. The second kappa shape index (κ2) is 9.79. The summed E-state index contributed by atoms with van der Waals surface area (Å²) in [5, 5.41) is 2.88. The standard InChI is InChI=1S/C23H29N3O5S/c1-32(28,29)26(20-8-9-21-22(14-20)31-13-12-30-21)17-23(27)24-15-18-6-2-3-7-19(18)16-25-10-4-5-11-25/h2-3,6-9,14H,4-5,10-13,15-17H2,1H3,(H,24,27). The minimum Gasteiger partial charge on any atom is -0.486 e. The van der Waals surface area contributed by atoms with Crippen molar-refractivity contribution >= 4 is 21.6 Å². The molecule has 9 heteroatoms. The lowest BCUT2D eigenvalue weighted by Crippen LogP contribution is -2.40. The predicted molar refractivity (Wildman–Crippen MR) is 122 cm³/mol. The highest BCUT2D eigenvalue weighted by Crippen LogP contribution is 2.34. The summed E-state index contributed by atoms with van der Waals surface area (Å²) in [6.07, 6.45) is 3.53. The van der Waals surface area contributed by atoms with Gasteiger partial charge in [-0.25, -0.2) is 8.42 Å². The molecule has 0 aliphatic carbocycles. The van der Waals surface area contributed by atoms with Gasteiger partial charge in [-0.05, 0) is 49.2 Å². The van der Waals surface area contributed by atoms with Crippen LogP contribution in [0.5, 0.6) is 11.5 Å².